The van der Waals surface area contributed by atoms with E-state index >= 15 is 0 Å². The highest BCUT2D eigenvalue weighted by Gasteiger charge is 2.32. The van der Waals surface area contributed by atoms with E-state index < -0.39 is 5.97 Å². The summed E-state index contributed by atoms with van der Waals surface area (Å²) in [7, 11) is 0. The molecule has 1 amide bonds. The number of amides is 1. The third-order valence-electron chi connectivity index (χ3n) is 4.11. The van der Waals surface area contributed by atoms with Gasteiger partial charge in [0.05, 0.1) is 0 Å². The molecule has 0 aromatic carbocycles. The summed E-state index contributed by atoms with van der Waals surface area (Å²) < 4.78 is 0. The van der Waals surface area contributed by atoms with Crippen molar-refractivity contribution < 1.29 is 14.7 Å². The molecular formula is C15H19ClN2O3. The summed E-state index contributed by atoms with van der Waals surface area (Å²) in [6.07, 6.45) is 3.31. The fraction of sp³-hybridized carbons (Fsp3) is 0.533. The van der Waals surface area contributed by atoms with Crippen LogP contribution in [0.4, 0.5) is 0 Å². The third kappa shape index (κ3) is 3.94. The Balaban J connectivity index is 2.06. The van der Waals surface area contributed by atoms with Crippen molar-refractivity contribution in [2.75, 3.05) is 13.1 Å². The van der Waals surface area contributed by atoms with Crippen LogP contribution in [0.1, 0.15) is 36.5 Å². The molecule has 1 aliphatic heterocycles. The third-order valence-corrected chi connectivity index (χ3v) is 4.32. The van der Waals surface area contributed by atoms with E-state index in [1.807, 2.05) is 6.92 Å². The maximum Gasteiger partial charge on any atom is 0.303 e. The van der Waals surface area contributed by atoms with Gasteiger partial charge in [0.1, 0.15) is 5.15 Å². The summed E-state index contributed by atoms with van der Waals surface area (Å²) in [5.74, 6) is -0.445. The first kappa shape index (κ1) is 15.8. The van der Waals surface area contributed by atoms with E-state index in [-0.39, 0.29) is 24.2 Å². The van der Waals surface area contributed by atoms with Crippen LogP contribution in [-0.4, -0.2) is 40.0 Å². The second-order valence-electron chi connectivity index (χ2n) is 5.43. The zero-order valence-corrected chi connectivity index (χ0v) is 12.7. The van der Waals surface area contributed by atoms with Crippen LogP contribution in [0.25, 0.3) is 0 Å². The summed E-state index contributed by atoms with van der Waals surface area (Å²) in [6.45, 7) is 3.23. The van der Waals surface area contributed by atoms with E-state index in [4.69, 9.17) is 16.7 Å². The number of nitrogens with zero attached hydrogens (tertiary/aromatic N) is 2. The number of piperidine rings is 1. The van der Waals surface area contributed by atoms with Gasteiger partial charge < -0.3 is 10.0 Å². The lowest BCUT2D eigenvalue weighted by Gasteiger charge is -2.37. The Morgan fingerprint density at radius 3 is 2.86 bits per heavy atom. The van der Waals surface area contributed by atoms with Gasteiger partial charge in [0.25, 0.3) is 5.91 Å². The molecule has 5 nitrogen and oxygen atoms in total. The second-order valence-corrected chi connectivity index (χ2v) is 5.82. The summed E-state index contributed by atoms with van der Waals surface area (Å²) in [4.78, 5) is 29.0. The zero-order valence-electron chi connectivity index (χ0n) is 12.0. The normalized spacial score (nSPS) is 22.1. The smallest absolute Gasteiger partial charge is 0.303 e. The largest absolute Gasteiger partial charge is 0.481 e. The first-order valence-electron chi connectivity index (χ1n) is 7.14. The first-order chi connectivity index (χ1) is 10.0. The molecule has 1 saturated heterocycles. The molecule has 0 radical (unpaired) electrons. The number of hydrogen-bond donors (Lipinski definition) is 1. The zero-order chi connectivity index (χ0) is 15.4. The summed E-state index contributed by atoms with van der Waals surface area (Å²) >= 11 is 5.82. The Labute approximate surface area is 128 Å². The number of carbonyl (C=O) groups excluding carboxylic acids is 1. The van der Waals surface area contributed by atoms with E-state index in [0.29, 0.717) is 23.8 Å². The number of aromatic nitrogens is 1. The van der Waals surface area contributed by atoms with Crippen LogP contribution in [0.2, 0.25) is 5.15 Å². The SMILES string of the molecule is CCC1CN(C(=O)c2ccnc(Cl)c2)CCC1CC(=O)O. The highest BCUT2D eigenvalue weighted by molar-refractivity contribution is 6.29. The molecule has 1 aromatic heterocycles. The minimum Gasteiger partial charge on any atom is -0.481 e. The van der Waals surface area contributed by atoms with E-state index in [1.165, 1.54) is 6.20 Å². The molecule has 2 unspecified atom stereocenters. The molecule has 0 spiro atoms. The van der Waals surface area contributed by atoms with Crippen molar-refractivity contribution in [1.29, 1.82) is 0 Å². The number of halogens is 1. The summed E-state index contributed by atoms with van der Waals surface area (Å²) in [6, 6.07) is 3.21. The molecule has 21 heavy (non-hydrogen) atoms. The van der Waals surface area contributed by atoms with Gasteiger partial charge in [-0.1, -0.05) is 24.9 Å². The van der Waals surface area contributed by atoms with Gasteiger partial charge in [-0.3, -0.25) is 9.59 Å². The minimum atomic E-state index is -0.765. The minimum absolute atomic E-state index is 0.0634. The van der Waals surface area contributed by atoms with E-state index in [0.717, 1.165) is 12.8 Å². The number of likely N-dealkylation sites (tertiary alicyclic amines) is 1. The van der Waals surface area contributed by atoms with Gasteiger partial charge in [-0.25, -0.2) is 4.98 Å². The van der Waals surface area contributed by atoms with Crippen molar-refractivity contribution in [3.05, 3.63) is 29.0 Å². The number of pyridine rings is 1. The lowest BCUT2D eigenvalue weighted by molar-refractivity contribution is -0.139. The Hall–Kier alpha value is -1.62. The van der Waals surface area contributed by atoms with Crippen molar-refractivity contribution in [3.8, 4) is 0 Å². The average molecular weight is 311 g/mol. The van der Waals surface area contributed by atoms with Crippen LogP contribution in [0.15, 0.2) is 18.3 Å². The Morgan fingerprint density at radius 1 is 1.48 bits per heavy atom. The first-order valence-corrected chi connectivity index (χ1v) is 7.51. The number of carboxylic acid groups (broad SMARTS) is 1. The summed E-state index contributed by atoms with van der Waals surface area (Å²) in [5.41, 5.74) is 0.529. The Morgan fingerprint density at radius 2 is 2.24 bits per heavy atom. The lowest BCUT2D eigenvalue weighted by atomic mass is 9.81. The molecular weight excluding hydrogens is 292 g/mol. The van der Waals surface area contributed by atoms with Crippen LogP contribution in [0.5, 0.6) is 0 Å². The second kappa shape index (κ2) is 6.89. The fourth-order valence-corrected chi connectivity index (χ4v) is 3.11. The fourth-order valence-electron chi connectivity index (χ4n) is 2.94. The van der Waals surface area contributed by atoms with Crippen LogP contribution in [0, 0.1) is 11.8 Å². The summed E-state index contributed by atoms with van der Waals surface area (Å²) in [5, 5.41) is 9.26. The number of rotatable bonds is 4. The maximum absolute atomic E-state index is 12.5. The average Bonchev–Trinajstić information content (AvgIpc) is 2.46. The van der Waals surface area contributed by atoms with Gasteiger partial charge in [-0.2, -0.15) is 0 Å². The molecule has 2 rings (SSSR count). The lowest BCUT2D eigenvalue weighted by Crippen LogP contribution is -2.44. The molecule has 1 aromatic rings. The maximum atomic E-state index is 12.5. The standard InChI is InChI=1S/C15H19ClN2O3/c1-2-10-9-18(6-4-11(10)8-14(19)20)15(21)12-3-5-17-13(16)7-12/h3,5,7,10-11H,2,4,6,8-9H2,1H3,(H,19,20). The predicted octanol–water partition coefficient (Wildman–Crippen LogP) is 2.70. The molecule has 114 valence electrons. The number of carbonyl (C=O) groups is 2. The van der Waals surface area contributed by atoms with Crippen molar-refractivity contribution in [3.63, 3.8) is 0 Å². The quantitative estimate of drug-likeness (QED) is 0.868. The molecule has 0 bridgehead atoms. The molecule has 2 heterocycles. The van der Waals surface area contributed by atoms with Crippen LogP contribution < -0.4 is 0 Å². The monoisotopic (exact) mass is 310 g/mol. The number of aliphatic carboxylic acids is 1. The van der Waals surface area contributed by atoms with Gasteiger partial charge >= 0.3 is 5.97 Å². The molecule has 1 fully saturated rings. The van der Waals surface area contributed by atoms with Crippen LogP contribution >= 0.6 is 11.6 Å². The van der Waals surface area contributed by atoms with Crippen molar-refractivity contribution >= 4 is 23.5 Å². The van der Waals surface area contributed by atoms with Gasteiger partial charge in [0.15, 0.2) is 0 Å². The van der Waals surface area contributed by atoms with Gasteiger partial charge in [0, 0.05) is 31.3 Å². The molecule has 1 aliphatic rings. The van der Waals surface area contributed by atoms with Crippen molar-refractivity contribution in [2.24, 2.45) is 11.8 Å². The van der Waals surface area contributed by atoms with Gasteiger partial charge in [-0.15, -0.1) is 0 Å². The van der Waals surface area contributed by atoms with Crippen molar-refractivity contribution in [1.82, 2.24) is 9.88 Å². The van der Waals surface area contributed by atoms with E-state index in [1.54, 1.807) is 17.0 Å². The van der Waals surface area contributed by atoms with Crippen LogP contribution in [-0.2, 0) is 4.79 Å². The molecule has 1 N–H and O–H groups in total. The Bertz CT molecular complexity index is 535. The van der Waals surface area contributed by atoms with Gasteiger partial charge in [0.2, 0.25) is 0 Å². The predicted molar refractivity (Wildman–Crippen MR) is 79.3 cm³/mol. The molecule has 2 atom stereocenters. The van der Waals surface area contributed by atoms with E-state index in [2.05, 4.69) is 4.98 Å². The molecule has 0 aliphatic carbocycles. The Kier molecular flexibility index (Phi) is 5.17. The number of hydrogen-bond acceptors (Lipinski definition) is 3. The van der Waals surface area contributed by atoms with E-state index in [9.17, 15) is 9.59 Å². The molecule has 0 saturated carbocycles. The molecule has 6 heteroatoms. The highest BCUT2D eigenvalue weighted by Crippen LogP contribution is 2.29. The number of carboxylic acids is 1. The van der Waals surface area contributed by atoms with Crippen LogP contribution in [0.3, 0.4) is 0 Å². The topological polar surface area (TPSA) is 70.5 Å². The van der Waals surface area contributed by atoms with Crippen molar-refractivity contribution in [2.45, 2.75) is 26.2 Å². The van der Waals surface area contributed by atoms with Gasteiger partial charge in [-0.05, 0) is 30.4 Å². The highest BCUT2D eigenvalue weighted by atomic mass is 35.5.